The average molecular weight is 412 g/mol. The lowest BCUT2D eigenvalue weighted by Gasteiger charge is -2.16. The molecule has 1 atom stereocenters. The van der Waals surface area contributed by atoms with Gasteiger partial charge in [0.2, 0.25) is 11.1 Å². The van der Waals surface area contributed by atoms with Gasteiger partial charge in [0, 0.05) is 11.3 Å². The number of methoxy groups -OCH3 is 1. The molecule has 0 aliphatic rings. The van der Waals surface area contributed by atoms with Gasteiger partial charge in [0.05, 0.1) is 12.4 Å². The van der Waals surface area contributed by atoms with Gasteiger partial charge in [-0.15, -0.1) is 10.2 Å². The molecule has 0 saturated carbocycles. The van der Waals surface area contributed by atoms with Gasteiger partial charge >= 0.3 is 0 Å². The molecule has 29 heavy (non-hydrogen) atoms. The number of carbonyl (C=O) groups excluding carboxylic acids is 1. The van der Waals surface area contributed by atoms with Crippen molar-refractivity contribution >= 4 is 23.4 Å². The molecule has 1 amide bonds. The Morgan fingerprint density at radius 3 is 2.34 bits per heavy atom. The van der Waals surface area contributed by atoms with Crippen molar-refractivity contribution in [3.8, 4) is 17.1 Å². The Bertz CT molecular complexity index is 1010. The number of nitrogens with one attached hydrogen (secondary N) is 1. The third-order valence-electron chi connectivity index (χ3n) is 4.59. The molecule has 1 heterocycles. The lowest BCUT2D eigenvalue weighted by atomic mass is 10.1. The van der Waals surface area contributed by atoms with Crippen LogP contribution in [0.3, 0.4) is 0 Å². The molecule has 1 aromatic heterocycles. The normalized spacial score (nSPS) is 11.9. The summed E-state index contributed by atoms with van der Waals surface area (Å²) in [5.74, 6) is 7.34. The van der Waals surface area contributed by atoms with Gasteiger partial charge in [-0.2, -0.15) is 0 Å². The number of hydrogen-bond acceptors (Lipinski definition) is 6. The summed E-state index contributed by atoms with van der Waals surface area (Å²) < 4.78 is 6.57. The standard InChI is InChI=1S/C21H25N5O2S/c1-12-10-13(2)18(14(3)11-12)23-20(27)15(4)29-21-25-24-19(26(21)22)16-6-8-17(28-5)9-7-16/h6-11,15H,22H2,1-5H3,(H,23,27). The number of benzene rings is 2. The lowest BCUT2D eigenvalue weighted by molar-refractivity contribution is -0.115. The Labute approximate surface area is 174 Å². The SMILES string of the molecule is COc1ccc(-c2nnc(SC(C)C(=O)Nc3c(C)cc(C)cc3C)n2N)cc1. The molecule has 0 bridgehead atoms. The summed E-state index contributed by atoms with van der Waals surface area (Å²) in [6.45, 7) is 7.84. The van der Waals surface area contributed by atoms with Crippen LogP contribution >= 0.6 is 11.8 Å². The number of hydrogen-bond donors (Lipinski definition) is 2. The second-order valence-corrected chi connectivity index (χ2v) is 8.24. The van der Waals surface area contributed by atoms with Gasteiger partial charge in [0.25, 0.3) is 0 Å². The number of nitrogen functional groups attached to an aromatic ring is 1. The van der Waals surface area contributed by atoms with Crippen molar-refractivity contribution in [2.24, 2.45) is 0 Å². The van der Waals surface area contributed by atoms with Gasteiger partial charge in [-0.05, 0) is 63.1 Å². The molecule has 3 rings (SSSR count). The number of amides is 1. The predicted octanol–water partition coefficient (Wildman–Crippen LogP) is 3.71. The van der Waals surface area contributed by atoms with Crippen molar-refractivity contribution in [2.75, 3.05) is 18.3 Å². The van der Waals surface area contributed by atoms with E-state index in [2.05, 4.69) is 27.6 Å². The average Bonchev–Trinajstić information content (AvgIpc) is 3.04. The Hall–Kier alpha value is -3.00. The fourth-order valence-electron chi connectivity index (χ4n) is 3.11. The quantitative estimate of drug-likeness (QED) is 0.474. The van der Waals surface area contributed by atoms with E-state index in [4.69, 9.17) is 10.6 Å². The highest BCUT2D eigenvalue weighted by Gasteiger charge is 2.21. The zero-order valence-corrected chi connectivity index (χ0v) is 18.0. The monoisotopic (exact) mass is 411 g/mol. The number of aromatic nitrogens is 3. The van der Waals surface area contributed by atoms with Gasteiger partial charge in [-0.1, -0.05) is 29.5 Å². The first-order valence-electron chi connectivity index (χ1n) is 9.20. The Morgan fingerprint density at radius 2 is 1.76 bits per heavy atom. The van der Waals surface area contributed by atoms with E-state index in [0.29, 0.717) is 11.0 Å². The van der Waals surface area contributed by atoms with Crippen LogP contribution in [-0.4, -0.2) is 33.1 Å². The first-order valence-corrected chi connectivity index (χ1v) is 10.1. The molecule has 0 aliphatic carbocycles. The maximum absolute atomic E-state index is 12.7. The zero-order chi connectivity index (χ0) is 21.1. The number of anilines is 1. The molecular weight excluding hydrogens is 386 g/mol. The molecule has 2 aromatic carbocycles. The van der Waals surface area contributed by atoms with E-state index in [0.717, 1.165) is 28.1 Å². The zero-order valence-electron chi connectivity index (χ0n) is 17.2. The summed E-state index contributed by atoms with van der Waals surface area (Å²) >= 11 is 1.26. The van der Waals surface area contributed by atoms with Crippen molar-refractivity contribution in [1.82, 2.24) is 14.9 Å². The summed E-state index contributed by atoms with van der Waals surface area (Å²) in [6.07, 6.45) is 0. The molecule has 3 aromatic rings. The van der Waals surface area contributed by atoms with E-state index < -0.39 is 5.25 Å². The molecule has 0 aliphatic heterocycles. The van der Waals surface area contributed by atoms with Crippen molar-refractivity contribution in [3.63, 3.8) is 0 Å². The van der Waals surface area contributed by atoms with Crippen molar-refractivity contribution in [3.05, 3.63) is 53.1 Å². The smallest absolute Gasteiger partial charge is 0.237 e. The Kier molecular flexibility index (Phi) is 6.12. The molecule has 152 valence electrons. The lowest BCUT2D eigenvalue weighted by Crippen LogP contribution is -2.24. The maximum atomic E-state index is 12.7. The molecular formula is C21H25N5O2S. The third kappa shape index (κ3) is 4.54. The molecule has 8 heteroatoms. The van der Waals surface area contributed by atoms with E-state index in [9.17, 15) is 4.79 Å². The van der Waals surface area contributed by atoms with Gasteiger partial charge in [-0.25, -0.2) is 4.68 Å². The number of nitrogens with zero attached hydrogens (tertiary/aromatic N) is 3. The van der Waals surface area contributed by atoms with E-state index in [1.807, 2.05) is 52.0 Å². The van der Waals surface area contributed by atoms with Gasteiger partial charge in [-0.3, -0.25) is 4.79 Å². The van der Waals surface area contributed by atoms with Crippen LogP contribution in [-0.2, 0) is 4.79 Å². The topological polar surface area (TPSA) is 95.1 Å². The molecule has 3 N–H and O–H groups in total. The van der Waals surface area contributed by atoms with Gasteiger partial charge < -0.3 is 15.9 Å². The summed E-state index contributed by atoms with van der Waals surface area (Å²) in [5.41, 5.74) is 4.91. The van der Waals surface area contributed by atoms with Crippen LogP contribution in [0, 0.1) is 20.8 Å². The molecule has 0 spiro atoms. The third-order valence-corrected chi connectivity index (χ3v) is 5.65. The van der Waals surface area contributed by atoms with Crippen LogP contribution in [0.2, 0.25) is 0 Å². The molecule has 0 radical (unpaired) electrons. The van der Waals surface area contributed by atoms with E-state index >= 15 is 0 Å². The van der Waals surface area contributed by atoms with Crippen LogP contribution < -0.4 is 15.9 Å². The largest absolute Gasteiger partial charge is 0.497 e. The molecule has 1 unspecified atom stereocenters. The van der Waals surface area contributed by atoms with Crippen LogP contribution in [0.15, 0.2) is 41.6 Å². The van der Waals surface area contributed by atoms with Gasteiger partial charge in [0.15, 0.2) is 5.82 Å². The van der Waals surface area contributed by atoms with Crippen molar-refractivity contribution < 1.29 is 9.53 Å². The fraction of sp³-hybridized carbons (Fsp3) is 0.286. The van der Waals surface area contributed by atoms with Crippen LogP contribution in [0.25, 0.3) is 11.4 Å². The van der Waals surface area contributed by atoms with E-state index in [1.165, 1.54) is 22.0 Å². The second kappa shape index (κ2) is 8.57. The second-order valence-electron chi connectivity index (χ2n) is 6.93. The van der Waals surface area contributed by atoms with Crippen molar-refractivity contribution in [2.45, 2.75) is 38.1 Å². The van der Waals surface area contributed by atoms with Crippen LogP contribution in [0.5, 0.6) is 5.75 Å². The summed E-state index contributed by atoms with van der Waals surface area (Å²) in [4.78, 5) is 12.7. The maximum Gasteiger partial charge on any atom is 0.237 e. The highest BCUT2D eigenvalue weighted by atomic mass is 32.2. The summed E-state index contributed by atoms with van der Waals surface area (Å²) in [5, 5.41) is 11.4. The highest BCUT2D eigenvalue weighted by molar-refractivity contribution is 8.00. The Balaban J connectivity index is 1.73. The minimum atomic E-state index is -0.398. The molecule has 0 saturated heterocycles. The Morgan fingerprint density at radius 1 is 1.14 bits per heavy atom. The highest BCUT2D eigenvalue weighted by Crippen LogP contribution is 2.28. The molecule has 7 nitrogen and oxygen atoms in total. The predicted molar refractivity (Wildman–Crippen MR) is 117 cm³/mol. The summed E-state index contributed by atoms with van der Waals surface area (Å²) in [7, 11) is 1.61. The first kappa shape index (κ1) is 20.7. The van der Waals surface area contributed by atoms with E-state index in [1.54, 1.807) is 7.11 Å². The minimum absolute atomic E-state index is 0.112. The number of nitrogens with two attached hydrogens (primary N) is 1. The van der Waals surface area contributed by atoms with Crippen LogP contribution in [0.1, 0.15) is 23.6 Å². The minimum Gasteiger partial charge on any atom is -0.497 e. The fourth-order valence-corrected chi connectivity index (χ4v) is 3.88. The first-order chi connectivity index (χ1) is 13.8. The number of carbonyl (C=O) groups is 1. The molecule has 0 fully saturated rings. The van der Waals surface area contributed by atoms with Crippen molar-refractivity contribution in [1.29, 1.82) is 0 Å². The van der Waals surface area contributed by atoms with Gasteiger partial charge in [0.1, 0.15) is 5.75 Å². The number of rotatable bonds is 6. The van der Waals surface area contributed by atoms with E-state index in [-0.39, 0.29) is 5.91 Å². The number of thioether (sulfide) groups is 1. The number of ether oxygens (including phenoxy) is 1. The van der Waals surface area contributed by atoms with Crippen LogP contribution in [0.4, 0.5) is 5.69 Å². The summed E-state index contributed by atoms with van der Waals surface area (Å²) in [6, 6.07) is 11.5. The number of aryl methyl sites for hydroxylation is 3.